The Labute approximate surface area is 83.2 Å². The van der Waals surface area contributed by atoms with Crippen LogP contribution in [0, 0.1) is 6.57 Å². The van der Waals surface area contributed by atoms with Gasteiger partial charge in [-0.3, -0.25) is 4.90 Å². The highest BCUT2D eigenvalue weighted by molar-refractivity contribution is 4.99. The van der Waals surface area contributed by atoms with E-state index in [-0.39, 0.29) is 0 Å². The molecule has 2 heterocycles. The third-order valence-corrected chi connectivity index (χ3v) is 2.47. The molecule has 0 fully saturated rings. The highest BCUT2D eigenvalue weighted by atomic mass is 15.3. The van der Waals surface area contributed by atoms with Crippen LogP contribution in [0.4, 0.5) is 0 Å². The molecule has 0 atom stereocenters. The van der Waals surface area contributed by atoms with Crippen LogP contribution in [0.3, 0.4) is 0 Å². The lowest BCUT2D eigenvalue weighted by atomic mass is 10.3. The van der Waals surface area contributed by atoms with Crippen LogP contribution < -0.4 is 0 Å². The van der Waals surface area contributed by atoms with Gasteiger partial charge in [-0.05, 0) is 7.05 Å². The summed E-state index contributed by atoms with van der Waals surface area (Å²) in [5.41, 5.74) is 0. The fraction of sp³-hybridized carbons (Fsp3) is 0.667. The van der Waals surface area contributed by atoms with Crippen LogP contribution in [0.2, 0.25) is 0 Å². The van der Waals surface area contributed by atoms with Gasteiger partial charge in [0, 0.05) is 13.1 Å². The van der Waals surface area contributed by atoms with E-state index in [1.54, 1.807) is 0 Å². The van der Waals surface area contributed by atoms with Crippen LogP contribution in [0.1, 0.15) is 11.6 Å². The molecule has 0 aliphatic carbocycles. The predicted molar refractivity (Wildman–Crippen MR) is 51.5 cm³/mol. The summed E-state index contributed by atoms with van der Waals surface area (Å²) in [5.74, 6) is 1.99. The van der Waals surface area contributed by atoms with Crippen LogP contribution in [-0.2, 0) is 19.5 Å². The lowest BCUT2D eigenvalue weighted by Gasteiger charge is -2.23. The van der Waals surface area contributed by atoms with Crippen LogP contribution in [0.5, 0.6) is 0 Å². The lowest BCUT2D eigenvalue weighted by molar-refractivity contribution is 0.262. The Kier molecular flexibility index (Phi) is 2.46. The minimum Gasteiger partial charge on any atom is -0.316 e. The molecular weight excluding hydrogens is 178 g/mol. The minimum atomic E-state index is 0.508. The van der Waals surface area contributed by atoms with Crippen molar-refractivity contribution in [3.05, 3.63) is 23.1 Å². The summed E-state index contributed by atoms with van der Waals surface area (Å²) < 4.78 is 2.14. The van der Waals surface area contributed by atoms with E-state index >= 15 is 0 Å². The van der Waals surface area contributed by atoms with Gasteiger partial charge in [0.15, 0.2) is 0 Å². The van der Waals surface area contributed by atoms with Crippen molar-refractivity contribution in [1.82, 2.24) is 19.7 Å². The molecule has 0 aromatic carbocycles. The van der Waals surface area contributed by atoms with Gasteiger partial charge >= 0.3 is 0 Å². The predicted octanol–water partition coefficient (Wildman–Crippen LogP) is 0.185. The Morgan fingerprint density at radius 2 is 2.29 bits per heavy atom. The Balaban J connectivity index is 2.17. The van der Waals surface area contributed by atoms with E-state index in [2.05, 4.69) is 31.6 Å². The van der Waals surface area contributed by atoms with Gasteiger partial charge in [-0.25, -0.2) is 6.57 Å². The normalized spacial score (nSPS) is 16.3. The third-order valence-electron chi connectivity index (χ3n) is 2.47. The third kappa shape index (κ3) is 1.61. The molecule has 2 rings (SSSR count). The first-order valence-electron chi connectivity index (χ1n) is 4.74. The van der Waals surface area contributed by atoms with E-state index in [0.717, 1.165) is 37.7 Å². The molecule has 5 heteroatoms. The summed E-state index contributed by atoms with van der Waals surface area (Å²) in [6.45, 7) is 10.1. The number of nitrogens with zero attached hydrogens (tertiary/aromatic N) is 5. The zero-order chi connectivity index (χ0) is 9.97. The first-order chi connectivity index (χ1) is 6.81. The van der Waals surface area contributed by atoms with Crippen molar-refractivity contribution in [2.24, 2.45) is 0 Å². The topological polar surface area (TPSA) is 38.3 Å². The van der Waals surface area contributed by atoms with Gasteiger partial charge < -0.3 is 9.41 Å². The summed E-state index contributed by atoms with van der Waals surface area (Å²) >= 11 is 0. The zero-order valence-corrected chi connectivity index (χ0v) is 8.27. The number of hydrogen-bond acceptors (Lipinski definition) is 3. The van der Waals surface area contributed by atoms with E-state index in [1.165, 1.54) is 0 Å². The standard InChI is InChI=1S/C9H13N5/c1-10-4-3-8-11-12-9-7-13(2)5-6-14(8)9/h3-7H2,2H3. The molecule has 0 bridgehead atoms. The molecule has 0 saturated heterocycles. The molecule has 1 aliphatic rings. The fourth-order valence-corrected chi connectivity index (χ4v) is 1.68. The summed E-state index contributed by atoms with van der Waals surface area (Å²) in [6.07, 6.45) is 0.722. The van der Waals surface area contributed by atoms with Crippen molar-refractivity contribution in [1.29, 1.82) is 0 Å². The fourth-order valence-electron chi connectivity index (χ4n) is 1.68. The van der Waals surface area contributed by atoms with Crippen LogP contribution >= 0.6 is 0 Å². The van der Waals surface area contributed by atoms with E-state index in [9.17, 15) is 0 Å². The van der Waals surface area contributed by atoms with E-state index in [4.69, 9.17) is 6.57 Å². The first-order valence-corrected chi connectivity index (χ1v) is 4.74. The highest BCUT2D eigenvalue weighted by Crippen LogP contribution is 2.10. The number of fused-ring (bicyclic) bond motifs is 1. The number of hydrogen-bond donors (Lipinski definition) is 0. The molecule has 5 nitrogen and oxygen atoms in total. The molecule has 14 heavy (non-hydrogen) atoms. The van der Waals surface area contributed by atoms with Crippen molar-refractivity contribution in [2.75, 3.05) is 20.1 Å². The second kappa shape index (κ2) is 3.76. The van der Waals surface area contributed by atoms with Crippen LogP contribution in [0.25, 0.3) is 4.85 Å². The van der Waals surface area contributed by atoms with Gasteiger partial charge in [-0.15, -0.1) is 10.2 Å². The first kappa shape index (κ1) is 9.16. The zero-order valence-electron chi connectivity index (χ0n) is 8.27. The van der Waals surface area contributed by atoms with Gasteiger partial charge in [-0.1, -0.05) is 0 Å². The average molecular weight is 191 g/mol. The monoisotopic (exact) mass is 191 g/mol. The molecule has 0 N–H and O–H groups in total. The minimum absolute atomic E-state index is 0.508. The summed E-state index contributed by atoms with van der Waals surface area (Å²) in [4.78, 5) is 5.56. The molecule has 1 aliphatic heterocycles. The van der Waals surface area contributed by atoms with Gasteiger partial charge in [-0.2, -0.15) is 0 Å². The van der Waals surface area contributed by atoms with Gasteiger partial charge in [0.2, 0.25) is 6.54 Å². The molecular formula is C9H13N5. The Bertz CT molecular complexity index is 362. The molecule has 1 aromatic heterocycles. The maximum atomic E-state index is 6.74. The molecule has 0 unspecified atom stereocenters. The quantitative estimate of drug-likeness (QED) is 0.626. The van der Waals surface area contributed by atoms with E-state index < -0.39 is 0 Å². The second-order valence-corrected chi connectivity index (χ2v) is 3.55. The molecule has 74 valence electrons. The molecule has 0 spiro atoms. The van der Waals surface area contributed by atoms with Crippen molar-refractivity contribution < 1.29 is 0 Å². The molecule has 0 amide bonds. The lowest BCUT2D eigenvalue weighted by Crippen LogP contribution is -2.31. The Morgan fingerprint density at radius 3 is 3.07 bits per heavy atom. The van der Waals surface area contributed by atoms with Crippen molar-refractivity contribution in [2.45, 2.75) is 19.5 Å². The Morgan fingerprint density at radius 1 is 1.43 bits per heavy atom. The molecule has 1 aromatic rings. The highest BCUT2D eigenvalue weighted by Gasteiger charge is 2.18. The maximum Gasteiger partial charge on any atom is 0.221 e. The molecule has 0 saturated carbocycles. The van der Waals surface area contributed by atoms with Crippen molar-refractivity contribution in [3.63, 3.8) is 0 Å². The summed E-state index contributed by atoms with van der Waals surface area (Å²) in [5, 5.41) is 8.24. The summed E-state index contributed by atoms with van der Waals surface area (Å²) in [6, 6.07) is 0. The van der Waals surface area contributed by atoms with Gasteiger partial charge in [0.05, 0.1) is 13.0 Å². The largest absolute Gasteiger partial charge is 0.316 e. The number of likely N-dealkylation sites (N-methyl/N-ethyl adjacent to an activating group) is 1. The molecule has 0 radical (unpaired) electrons. The number of rotatable bonds is 2. The van der Waals surface area contributed by atoms with Gasteiger partial charge in [0.1, 0.15) is 11.6 Å². The Hall–Kier alpha value is -1.41. The van der Waals surface area contributed by atoms with Crippen LogP contribution in [-0.4, -0.2) is 39.8 Å². The van der Waals surface area contributed by atoms with Crippen molar-refractivity contribution in [3.8, 4) is 0 Å². The van der Waals surface area contributed by atoms with Gasteiger partial charge in [0.25, 0.3) is 0 Å². The van der Waals surface area contributed by atoms with E-state index in [0.29, 0.717) is 6.54 Å². The average Bonchev–Trinajstić information content (AvgIpc) is 2.57. The van der Waals surface area contributed by atoms with Crippen molar-refractivity contribution >= 4 is 0 Å². The summed E-state index contributed by atoms with van der Waals surface area (Å²) in [7, 11) is 2.08. The van der Waals surface area contributed by atoms with Crippen LogP contribution in [0.15, 0.2) is 0 Å². The number of aromatic nitrogens is 3. The second-order valence-electron chi connectivity index (χ2n) is 3.55. The SMILES string of the molecule is [C-]#[N+]CCc1nnc2n1CCN(C)C2. The van der Waals surface area contributed by atoms with E-state index in [1.807, 2.05) is 0 Å². The smallest absolute Gasteiger partial charge is 0.221 e. The maximum absolute atomic E-state index is 6.74.